The van der Waals surface area contributed by atoms with Crippen molar-refractivity contribution in [3.05, 3.63) is 41.4 Å². The zero-order chi connectivity index (χ0) is 15.8. The molecule has 0 unspecified atom stereocenters. The van der Waals surface area contributed by atoms with E-state index in [1.54, 1.807) is 7.11 Å². The van der Waals surface area contributed by atoms with E-state index in [1.807, 2.05) is 35.9 Å². The standard InChI is InChI=1S/C17H18N4O2/c1-11-18-17(16-14-5-3-4-6-15(14)23-20-16)21(19-11)12-7-9-13(22-2)10-8-12/h7-10H,3-6H2,1-2H3. The minimum Gasteiger partial charge on any atom is -0.497 e. The van der Waals surface area contributed by atoms with E-state index in [4.69, 9.17) is 9.26 Å². The van der Waals surface area contributed by atoms with Gasteiger partial charge in [-0.05, 0) is 50.5 Å². The number of aromatic nitrogens is 4. The Balaban J connectivity index is 1.82. The Hall–Kier alpha value is -2.63. The van der Waals surface area contributed by atoms with Gasteiger partial charge >= 0.3 is 0 Å². The van der Waals surface area contributed by atoms with Crippen LogP contribution in [-0.2, 0) is 12.8 Å². The maximum absolute atomic E-state index is 5.53. The molecule has 0 saturated carbocycles. The number of nitrogens with zero attached hydrogens (tertiary/aromatic N) is 4. The minimum absolute atomic E-state index is 0.711. The molecule has 0 spiro atoms. The van der Waals surface area contributed by atoms with Crippen LogP contribution in [0.5, 0.6) is 5.75 Å². The zero-order valence-electron chi connectivity index (χ0n) is 13.2. The van der Waals surface area contributed by atoms with Crippen LogP contribution >= 0.6 is 0 Å². The Kier molecular flexibility index (Phi) is 3.37. The molecule has 1 aliphatic rings. The topological polar surface area (TPSA) is 66.0 Å². The van der Waals surface area contributed by atoms with Gasteiger partial charge in [0.05, 0.1) is 12.8 Å². The highest BCUT2D eigenvalue weighted by Gasteiger charge is 2.24. The van der Waals surface area contributed by atoms with Crippen molar-refractivity contribution in [3.8, 4) is 23.0 Å². The van der Waals surface area contributed by atoms with E-state index in [2.05, 4.69) is 15.2 Å². The van der Waals surface area contributed by atoms with Crippen molar-refractivity contribution in [1.29, 1.82) is 0 Å². The zero-order valence-corrected chi connectivity index (χ0v) is 13.2. The van der Waals surface area contributed by atoms with E-state index in [9.17, 15) is 0 Å². The summed E-state index contributed by atoms with van der Waals surface area (Å²) in [6.45, 7) is 1.88. The summed E-state index contributed by atoms with van der Waals surface area (Å²) in [5.41, 5.74) is 2.92. The molecule has 1 aliphatic carbocycles. The number of fused-ring (bicyclic) bond motifs is 1. The molecule has 6 heteroatoms. The summed E-state index contributed by atoms with van der Waals surface area (Å²) < 4.78 is 12.6. The van der Waals surface area contributed by atoms with Crippen LogP contribution in [0.3, 0.4) is 0 Å². The van der Waals surface area contributed by atoms with Crippen LogP contribution in [0.15, 0.2) is 28.8 Å². The number of ether oxygens (including phenoxy) is 1. The molecule has 23 heavy (non-hydrogen) atoms. The molecule has 4 rings (SSSR count). The lowest BCUT2D eigenvalue weighted by molar-refractivity contribution is 0.373. The average molecular weight is 310 g/mol. The first kappa shape index (κ1) is 14.0. The molecule has 0 fully saturated rings. The monoisotopic (exact) mass is 310 g/mol. The summed E-state index contributed by atoms with van der Waals surface area (Å²) in [6, 6.07) is 7.74. The van der Waals surface area contributed by atoms with Gasteiger partial charge in [-0.25, -0.2) is 9.67 Å². The first-order valence-electron chi connectivity index (χ1n) is 7.82. The number of benzene rings is 1. The third kappa shape index (κ3) is 2.40. The van der Waals surface area contributed by atoms with E-state index in [0.717, 1.165) is 54.4 Å². The summed E-state index contributed by atoms with van der Waals surface area (Å²) in [5, 5.41) is 8.80. The number of aryl methyl sites for hydroxylation is 2. The summed E-state index contributed by atoms with van der Waals surface area (Å²) in [6.07, 6.45) is 4.27. The fourth-order valence-electron chi connectivity index (χ4n) is 3.03. The third-order valence-corrected chi connectivity index (χ3v) is 4.19. The molecular formula is C17H18N4O2. The van der Waals surface area contributed by atoms with Gasteiger partial charge in [-0.1, -0.05) is 5.16 Å². The summed E-state index contributed by atoms with van der Waals surface area (Å²) in [5.74, 6) is 3.25. The third-order valence-electron chi connectivity index (χ3n) is 4.19. The average Bonchev–Trinajstić information content (AvgIpc) is 3.18. The van der Waals surface area contributed by atoms with Gasteiger partial charge in [-0.15, -0.1) is 0 Å². The lowest BCUT2D eigenvalue weighted by Gasteiger charge is -2.10. The van der Waals surface area contributed by atoms with Crippen LogP contribution in [0.4, 0.5) is 0 Å². The Bertz CT molecular complexity index is 833. The van der Waals surface area contributed by atoms with Crippen molar-refractivity contribution in [1.82, 2.24) is 19.9 Å². The van der Waals surface area contributed by atoms with Gasteiger partial charge in [0, 0.05) is 12.0 Å². The molecular weight excluding hydrogens is 292 g/mol. The van der Waals surface area contributed by atoms with Gasteiger partial charge in [0.1, 0.15) is 17.3 Å². The fourth-order valence-corrected chi connectivity index (χ4v) is 3.03. The Morgan fingerprint density at radius 3 is 2.70 bits per heavy atom. The predicted octanol–water partition coefficient (Wildman–Crippen LogP) is 3.12. The van der Waals surface area contributed by atoms with Gasteiger partial charge in [-0.2, -0.15) is 5.10 Å². The largest absolute Gasteiger partial charge is 0.497 e. The van der Waals surface area contributed by atoms with E-state index in [-0.39, 0.29) is 0 Å². The first-order chi connectivity index (χ1) is 11.3. The first-order valence-corrected chi connectivity index (χ1v) is 7.82. The van der Waals surface area contributed by atoms with Crippen LogP contribution in [0.25, 0.3) is 17.2 Å². The maximum atomic E-state index is 5.53. The van der Waals surface area contributed by atoms with Gasteiger partial charge in [0.2, 0.25) is 0 Å². The molecule has 2 aromatic heterocycles. The van der Waals surface area contributed by atoms with Crippen molar-refractivity contribution in [3.63, 3.8) is 0 Å². The van der Waals surface area contributed by atoms with Gasteiger partial charge in [-0.3, -0.25) is 0 Å². The smallest absolute Gasteiger partial charge is 0.185 e. The summed E-state index contributed by atoms with van der Waals surface area (Å²) in [4.78, 5) is 4.58. The van der Waals surface area contributed by atoms with Gasteiger partial charge in [0.15, 0.2) is 11.5 Å². The molecule has 0 bridgehead atoms. The molecule has 0 atom stereocenters. The quantitative estimate of drug-likeness (QED) is 0.743. The molecule has 3 aromatic rings. The van der Waals surface area contributed by atoms with Crippen molar-refractivity contribution in [2.24, 2.45) is 0 Å². The lowest BCUT2D eigenvalue weighted by Crippen LogP contribution is -2.04. The molecule has 0 radical (unpaired) electrons. The predicted molar refractivity (Wildman–Crippen MR) is 84.8 cm³/mol. The van der Waals surface area contributed by atoms with E-state index in [0.29, 0.717) is 5.82 Å². The summed E-state index contributed by atoms with van der Waals surface area (Å²) in [7, 11) is 1.65. The molecule has 118 valence electrons. The normalized spacial score (nSPS) is 13.8. The van der Waals surface area contributed by atoms with Crippen LogP contribution in [-0.4, -0.2) is 27.0 Å². The molecule has 2 heterocycles. The summed E-state index contributed by atoms with van der Waals surface area (Å²) >= 11 is 0. The molecule has 0 amide bonds. The van der Waals surface area contributed by atoms with Crippen LogP contribution in [0.2, 0.25) is 0 Å². The molecule has 1 aromatic carbocycles. The van der Waals surface area contributed by atoms with E-state index >= 15 is 0 Å². The van der Waals surface area contributed by atoms with Crippen molar-refractivity contribution >= 4 is 0 Å². The maximum Gasteiger partial charge on any atom is 0.185 e. The van der Waals surface area contributed by atoms with Crippen molar-refractivity contribution in [2.45, 2.75) is 32.6 Å². The number of hydrogen-bond donors (Lipinski definition) is 0. The number of rotatable bonds is 3. The van der Waals surface area contributed by atoms with Crippen LogP contribution in [0, 0.1) is 6.92 Å². The molecule has 0 N–H and O–H groups in total. The molecule has 0 aliphatic heterocycles. The van der Waals surface area contributed by atoms with E-state index < -0.39 is 0 Å². The number of hydrogen-bond acceptors (Lipinski definition) is 5. The van der Waals surface area contributed by atoms with E-state index in [1.165, 1.54) is 5.56 Å². The number of methoxy groups -OCH3 is 1. The second-order valence-electron chi connectivity index (χ2n) is 5.73. The SMILES string of the molecule is COc1ccc(-n2nc(C)nc2-c2noc3c2CCCC3)cc1. The lowest BCUT2D eigenvalue weighted by atomic mass is 9.96. The van der Waals surface area contributed by atoms with Crippen molar-refractivity contribution in [2.75, 3.05) is 7.11 Å². The second-order valence-corrected chi connectivity index (χ2v) is 5.73. The van der Waals surface area contributed by atoms with Gasteiger partial charge < -0.3 is 9.26 Å². The Morgan fingerprint density at radius 1 is 1.13 bits per heavy atom. The highest BCUT2D eigenvalue weighted by atomic mass is 16.5. The fraction of sp³-hybridized carbons (Fsp3) is 0.353. The van der Waals surface area contributed by atoms with Crippen LogP contribution < -0.4 is 4.74 Å². The highest BCUT2D eigenvalue weighted by Crippen LogP contribution is 2.31. The Morgan fingerprint density at radius 2 is 1.91 bits per heavy atom. The van der Waals surface area contributed by atoms with Crippen molar-refractivity contribution < 1.29 is 9.26 Å². The van der Waals surface area contributed by atoms with Crippen LogP contribution in [0.1, 0.15) is 30.0 Å². The Labute approximate surface area is 134 Å². The van der Waals surface area contributed by atoms with Gasteiger partial charge in [0.25, 0.3) is 0 Å². The molecule has 6 nitrogen and oxygen atoms in total. The molecule has 0 saturated heterocycles. The second kappa shape index (κ2) is 5.53. The highest BCUT2D eigenvalue weighted by molar-refractivity contribution is 5.59. The minimum atomic E-state index is 0.711.